The van der Waals surface area contributed by atoms with Crippen LogP contribution in [0.3, 0.4) is 0 Å². The van der Waals surface area contributed by atoms with E-state index >= 15 is 0 Å². The van der Waals surface area contributed by atoms with Crippen LogP contribution < -0.4 is 10.9 Å². The first-order chi connectivity index (χ1) is 13.6. The summed E-state index contributed by atoms with van der Waals surface area (Å²) in [6.07, 6.45) is 4.84. The van der Waals surface area contributed by atoms with Gasteiger partial charge in [-0.3, -0.25) is 9.59 Å². The summed E-state index contributed by atoms with van der Waals surface area (Å²) < 4.78 is 1.45. The zero-order chi connectivity index (χ0) is 19.5. The molecule has 28 heavy (non-hydrogen) atoms. The predicted octanol–water partition coefficient (Wildman–Crippen LogP) is 3.29. The number of hydrogen-bond donors (Lipinski definition) is 1. The second kappa shape index (κ2) is 8.06. The van der Waals surface area contributed by atoms with Crippen LogP contribution in [0.25, 0.3) is 10.9 Å². The van der Waals surface area contributed by atoms with Crippen LogP contribution in [0.2, 0.25) is 5.15 Å². The van der Waals surface area contributed by atoms with E-state index in [0.717, 1.165) is 25.7 Å². The second-order valence-electron chi connectivity index (χ2n) is 7.14. The minimum atomic E-state index is -0.114. The van der Waals surface area contributed by atoms with E-state index in [1.807, 2.05) is 12.1 Å². The molecule has 2 heterocycles. The standard InChI is InChI=1S/C20H20ClN5O2/c21-18-17(6-3-11-22-18)23-19(27)14-9-7-13(8-10-14)12-26-20(28)15-4-1-2-5-16(15)24-25-26/h1-6,11,13-14H,7-10,12H2,(H,23,27). The van der Waals surface area contributed by atoms with Gasteiger partial charge < -0.3 is 5.32 Å². The van der Waals surface area contributed by atoms with Gasteiger partial charge >= 0.3 is 0 Å². The molecule has 0 radical (unpaired) electrons. The van der Waals surface area contributed by atoms with E-state index in [2.05, 4.69) is 20.6 Å². The Morgan fingerprint density at radius 2 is 1.93 bits per heavy atom. The number of nitrogens with one attached hydrogen (secondary N) is 1. The molecule has 144 valence electrons. The third kappa shape index (κ3) is 3.89. The van der Waals surface area contributed by atoms with Gasteiger partial charge in [0.25, 0.3) is 5.56 Å². The molecule has 1 aliphatic rings. The van der Waals surface area contributed by atoms with Crippen molar-refractivity contribution in [3.8, 4) is 0 Å². The lowest BCUT2D eigenvalue weighted by Gasteiger charge is -2.27. The summed E-state index contributed by atoms with van der Waals surface area (Å²) in [5.74, 6) is 0.210. The maximum absolute atomic E-state index is 12.6. The maximum Gasteiger partial charge on any atom is 0.277 e. The summed E-state index contributed by atoms with van der Waals surface area (Å²) in [5.41, 5.74) is 1.03. The van der Waals surface area contributed by atoms with Gasteiger partial charge in [-0.25, -0.2) is 9.67 Å². The van der Waals surface area contributed by atoms with Crippen LogP contribution in [-0.4, -0.2) is 25.9 Å². The molecule has 8 heteroatoms. The molecule has 3 aromatic rings. The van der Waals surface area contributed by atoms with E-state index in [1.54, 1.807) is 30.5 Å². The van der Waals surface area contributed by atoms with Crippen molar-refractivity contribution in [1.82, 2.24) is 20.0 Å². The molecule has 0 spiro atoms. The van der Waals surface area contributed by atoms with Crippen LogP contribution in [0, 0.1) is 11.8 Å². The Balaban J connectivity index is 1.37. The molecule has 0 saturated heterocycles. The Kier molecular flexibility index (Phi) is 5.34. The highest BCUT2D eigenvalue weighted by Crippen LogP contribution is 2.31. The van der Waals surface area contributed by atoms with Gasteiger partial charge in [-0.1, -0.05) is 28.9 Å². The van der Waals surface area contributed by atoms with Gasteiger partial charge in [-0.05, 0) is 55.9 Å². The summed E-state index contributed by atoms with van der Waals surface area (Å²) in [6.45, 7) is 0.527. The van der Waals surface area contributed by atoms with Crippen molar-refractivity contribution in [3.63, 3.8) is 0 Å². The molecule has 1 N–H and O–H groups in total. The number of benzene rings is 1. The Morgan fingerprint density at radius 3 is 2.71 bits per heavy atom. The first-order valence-corrected chi connectivity index (χ1v) is 9.73. The number of hydrogen-bond acceptors (Lipinski definition) is 5. The molecule has 1 saturated carbocycles. The van der Waals surface area contributed by atoms with E-state index < -0.39 is 0 Å². The summed E-state index contributed by atoms with van der Waals surface area (Å²) in [6, 6.07) is 10.7. The van der Waals surface area contributed by atoms with Crippen LogP contribution in [0.1, 0.15) is 25.7 Å². The minimum Gasteiger partial charge on any atom is -0.323 e. The van der Waals surface area contributed by atoms with Gasteiger partial charge in [0.2, 0.25) is 5.91 Å². The molecule has 0 aliphatic heterocycles. The van der Waals surface area contributed by atoms with Gasteiger partial charge in [0.05, 0.1) is 11.1 Å². The average molecular weight is 398 g/mol. The number of amides is 1. The molecule has 1 amide bonds. The summed E-state index contributed by atoms with van der Waals surface area (Å²) in [4.78, 5) is 29.1. The maximum atomic E-state index is 12.6. The fourth-order valence-electron chi connectivity index (χ4n) is 3.71. The lowest BCUT2D eigenvalue weighted by atomic mass is 9.81. The largest absolute Gasteiger partial charge is 0.323 e. The van der Waals surface area contributed by atoms with Gasteiger partial charge in [-0.2, -0.15) is 0 Å². The Labute approximate surface area is 166 Å². The molecule has 4 rings (SSSR count). The Hall–Kier alpha value is -2.80. The number of halogens is 1. The smallest absolute Gasteiger partial charge is 0.277 e. The van der Waals surface area contributed by atoms with Crippen molar-refractivity contribution in [2.24, 2.45) is 11.8 Å². The van der Waals surface area contributed by atoms with Crippen molar-refractivity contribution in [1.29, 1.82) is 0 Å². The third-order valence-electron chi connectivity index (χ3n) is 5.29. The number of aromatic nitrogens is 4. The lowest BCUT2D eigenvalue weighted by molar-refractivity contribution is -0.121. The molecule has 7 nitrogen and oxygen atoms in total. The molecule has 1 aromatic carbocycles. The highest BCUT2D eigenvalue weighted by molar-refractivity contribution is 6.32. The second-order valence-corrected chi connectivity index (χ2v) is 7.50. The number of carbonyl (C=O) groups excluding carboxylic acids is 1. The molecule has 1 fully saturated rings. The van der Waals surface area contributed by atoms with Crippen LogP contribution >= 0.6 is 11.6 Å². The number of anilines is 1. The number of nitrogens with zero attached hydrogens (tertiary/aromatic N) is 4. The minimum absolute atomic E-state index is 0.0315. The van der Waals surface area contributed by atoms with Gasteiger partial charge in [0.1, 0.15) is 5.52 Å². The van der Waals surface area contributed by atoms with E-state index in [9.17, 15) is 9.59 Å². The van der Waals surface area contributed by atoms with Crippen LogP contribution in [0.15, 0.2) is 47.4 Å². The molecule has 0 atom stereocenters. The van der Waals surface area contributed by atoms with E-state index in [1.165, 1.54) is 4.68 Å². The normalized spacial score (nSPS) is 19.5. The van der Waals surface area contributed by atoms with Crippen molar-refractivity contribution in [2.45, 2.75) is 32.2 Å². The first-order valence-electron chi connectivity index (χ1n) is 9.36. The number of fused-ring (bicyclic) bond motifs is 1. The fraction of sp³-hybridized carbons (Fsp3) is 0.350. The summed E-state index contributed by atoms with van der Waals surface area (Å²) in [7, 11) is 0. The number of pyridine rings is 1. The first kappa shape index (κ1) is 18.6. The predicted molar refractivity (Wildman–Crippen MR) is 107 cm³/mol. The van der Waals surface area contributed by atoms with Gasteiger partial charge in [0, 0.05) is 18.7 Å². The van der Waals surface area contributed by atoms with E-state index in [-0.39, 0.29) is 17.4 Å². The Morgan fingerprint density at radius 1 is 1.14 bits per heavy atom. The Bertz CT molecular complexity index is 1060. The van der Waals surface area contributed by atoms with Gasteiger partial charge in [-0.15, -0.1) is 5.10 Å². The number of rotatable bonds is 4. The molecule has 0 bridgehead atoms. The van der Waals surface area contributed by atoms with Crippen molar-refractivity contribution >= 4 is 34.1 Å². The molecule has 1 aliphatic carbocycles. The molecular weight excluding hydrogens is 378 g/mol. The average Bonchev–Trinajstić information content (AvgIpc) is 2.72. The van der Waals surface area contributed by atoms with Crippen molar-refractivity contribution in [3.05, 3.63) is 58.1 Å². The third-order valence-corrected chi connectivity index (χ3v) is 5.60. The monoisotopic (exact) mass is 397 g/mol. The van der Waals surface area contributed by atoms with Gasteiger partial charge in [0.15, 0.2) is 5.15 Å². The van der Waals surface area contributed by atoms with Crippen LogP contribution in [0.4, 0.5) is 5.69 Å². The molecule has 0 unspecified atom stereocenters. The zero-order valence-electron chi connectivity index (χ0n) is 15.2. The van der Waals surface area contributed by atoms with Crippen LogP contribution in [0.5, 0.6) is 0 Å². The quantitative estimate of drug-likeness (QED) is 0.682. The summed E-state index contributed by atoms with van der Waals surface area (Å²) in [5, 5.41) is 11.9. The molecule has 2 aromatic heterocycles. The van der Waals surface area contributed by atoms with Crippen LogP contribution in [-0.2, 0) is 11.3 Å². The van der Waals surface area contributed by atoms with Crippen molar-refractivity contribution in [2.75, 3.05) is 5.32 Å². The number of carbonyl (C=O) groups is 1. The zero-order valence-corrected chi connectivity index (χ0v) is 16.0. The fourth-order valence-corrected chi connectivity index (χ4v) is 3.88. The van der Waals surface area contributed by atoms with E-state index in [4.69, 9.17) is 11.6 Å². The van der Waals surface area contributed by atoms with Crippen molar-refractivity contribution < 1.29 is 4.79 Å². The lowest BCUT2D eigenvalue weighted by Crippen LogP contribution is -2.32. The van der Waals surface area contributed by atoms with E-state index in [0.29, 0.717) is 34.2 Å². The molecular formula is C20H20ClN5O2. The topological polar surface area (TPSA) is 89.8 Å². The highest BCUT2D eigenvalue weighted by Gasteiger charge is 2.27. The highest BCUT2D eigenvalue weighted by atomic mass is 35.5. The SMILES string of the molecule is O=C(Nc1cccnc1Cl)C1CCC(Cn2nnc3ccccc3c2=O)CC1. The summed E-state index contributed by atoms with van der Waals surface area (Å²) >= 11 is 6.01.